The molecule has 1 aromatic heterocycles. The van der Waals surface area contributed by atoms with Crippen LogP contribution in [-0.2, 0) is 5.41 Å². The molecular formula is C21H21N. The Balaban J connectivity index is 2.22. The monoisotopic (exact) mass is 287 g/mol. The van der Waals surface area contributed by atoms with Crippen LogP contribution in [0, 0.1) is 13.8 Å². The van der Waals surface area contributed by atoms with Gasteiger partial charge in [-0.1, -0.05) is 59.7 Å². The molecule has 0 fully saturated rings. The largest absolute Gasteiger partial charge is 0.265 e. The van der Waals surface area contributed by atoms with Crippen LogP contribution in [0.4, 0.5) is 0 Å². The maximum Gasteiger partial charge on any atom is 0.0424 e. The van der Waals surface area contributed by atoms with Crippen LogP contribution >= 0.6 is 0 Å². The summed E-state index contributed by atoms with van der Waals surface area (Å²) >= 11 is 0. The summed E-state index contributed by atoms with van der Waals surface area (Å²) in [4.78, 5) is 4.17. The van der Waals surface area contributed by atoms with Gasteiger partial charge in [0.25, 0.3) is 0 Å². The standard InChI is InChI=1S/C21H21N/c1-16-4-8-18(9-5-16)21(3,20-12-14-22-15-13-20)19-10-6-17(2)7-11-19/h4-15H,1-3H3. The maximum atomic E-state index is 4.17. The molecule has 0 saturated heterocycles. The van der Waals surface area contributed by atoms with E-state index in [2.05, 4.69) is 86.4 Å². The van der Waals surface area contributed by atoms with E-state index in [0.717, 1.165) is 0 Å². The molecule has 0 saturated carbocycles. The molecule has 2 aromatic carbocycles. The molecule has 1 heterocycles. The molecular weight excluding hydrogens is 266 g/mol. The Morgan fingerprint density at radius 3 is 1.36 bits per heavy atom. The van der Waals surface area contributed by atoms with E-state index in [-0.39, 0.29) is 5.41 Å². The zero-order valence-electron chi connectivity index (χ0n) is 13.4. The van der Waals surface area contributed by atoms with Crippen LogP contribution in [0.5, 0.6) is 0 Å². The van der Waals surface area contributed by atoms with Crippen molar-refractivity contribution in [3.05, 3.63) is 101 Å². The lowest BCUT2D eigenvalue weighted by atomic mass is 9.71. The van der Waals surface area contributed by atoms with Crippen molar-refractivity contribution in [1.29, 1.82) is 0 Å². The lowest BCUT2D eigenvalue weighted by Gasteiger charge is -2.32. The predicted molar refractivity (Wildman–Crippen MR) is 92.2 cm³/mol. The zero-order valence-corrected chi connectivity index (χ0v) is 13.4. The number of hydrogen-bond donors (Lipinski definition) is 0. The topological polar surface area (TPSA) is 12.9 Å². The van der Waals surface area contributed by atoms with Crippen LogP contribution in [-0.4, -0.2) is 4.98 Å². The summed E-state index contributed by atoms with van der Waals surface area (Å²) in [5, 5.41) is 0. The molecule has 1 nitrogen and oxygen atoms in total. The Kier molecular flexibility index (Phi) is 3.81. The summed E-state index contributed by atoms with van der Waals surface area (Å²) in [5.74, 6) is 0. The zero-order chi connectivity index (χ0) is 15.6. The van der Waals surface area contributed by atoms with E-state index < -0.39 is 0 Å². The average Bonchev–Trinajstić information content (AvgIpc) is 2.56. The number of aromatic nitrogens is 1. The van der Waals surface area contributed by atoms with E-state index in [0.29, 0.717) is 0 Å². The fourth-order valence-corrected chi connectivity index (χ4v) is 2.96. The first-order chi connectivity index (χ1) is 10.6. The van der Waals surface area contributed by atoms with E-state index in [9.17, 15) is 0 Å². The summed E-state index contributed by atoms with van der Waals surface area (Å²) in [5.41, 5.74) is 6.25. The van der Waals surface area contributed by atoms with E-state index in [1.807, 2.05) is 12.4 Å². The number of nitrogens with zero attached hydrogens (tertiary/aromatic N) is 1. The quantitative estimate of drug-likeness (QED) is 0.656. The number of hydrogen-bond acceptors (Lipinski definition) is 1. The second-order valence-corrected chi connectivity index (χ2v) is 6.09. The average molecular weight is 287 g/mol. The summed E-state index contributed by atoms with van der Waals surface area (Å²) in [6.45, 7) is 6.54. The highest BCUT2D eigenvalue weighted by Crippen LogP contribution is 2.38. The minimum Gasteiger partial charge on any atom is -0.265 e. The SMILES string of the molecule is Cc1ccc(C(C)(c2ccncc2)c2ccc(C)cc2)cc1. The molecule has 22 heavy (non-hydrogen) atoms. The predicted octanol–water partition coefficient (Wildman–Crippen LogP) is 5.05. The molecule has 0 aliphatic heterocycles. The smallest absolute Gasteiger partial charge is 0.0424 e. The molecule has 0 amide bonds. The Hall–Kier alpha value is -2.41. The molecule has 0 spiro atoms. The summed E-state index contributed by atoms with van der Waals surface area (Å²) in [6.07, 6.45) is 3.74. The van der Waals surface area contributed by atoms with Crippen molar-refractivity contribution >= 4 is 0 Å². The summed E-state index contributed by atoms with van der Waals surface area (Å²) in [7, 11) is 0. The summed E-state index contributed by atoms with van der Waals surface area (Å²) < 4.78 is 0. The van der Waals surface area contributed by atoms with Gasteiger partial charge in [0, 0.05) is 17.8 Å². The molecule has 1 heteroatoms. The van der Waals surface area contributed by atoms with Crippen molar-refractivity contribution in [3.8, 4) is 0 Å². The van der Waals surface area contributed by atoms with Crippen LogP contribution in [0.25, 0.3) is 0 Å². The number of rotatable bonds is 3. The fourth-order valence-electron chi connectivity index (χ4n) is 2.96. The normalized spacial score (nSPS) is 11.4. The molecule has 3 aromatic rings. The summed E-state index contributed by atoms with van der Waals surface area (Å²) in [6, 6.07) is 21.9. The molecule has 0 N–H and O–H groups in total. The van der Waals surface area contributed by atoms with Gasteiger partial charge in [-0.2, -0.15) is 0 Å². The van der Waals surface area contributed by atoms with Gasteiger partial charge in [-0.05, 0) is 49.6 Å². The highest BCUT2D eigenvalue weighted by atomic mass is 14.6. The highest BCUT2D eigenvalue weighted by Gasteiger charge is 2.30. The molecule has 0 aliphatic carbocycles. The minimum atomic E-state index is -0.176. The molecule has 0 radical (unpaired) electrons. The highest BCUT2D eigenvalue weighted by molar-refractivity contribution is 5.49. The first kappa shape index (κ1) is 14.5. The molecule has 0 aliphatic rings. The van der Waals surface area contributed by atoms with Gasteiger partial charge in [-0.15, -0.1) is 0 Å². The van der Waals surface area contributed by atoms with E-state index >= 15 is 0 Å². The molecule has 0 bridgehead atoms. The van der Waals surface area contributed by atoms with Crippen molar-refractivity contribution in [2.45, 2.75) is 26.2 Å². The number of aryl methyl sites for hydroxylation is 2. The first-order valence-corrected chi connectivity index (χ1v) is 7.65. The lowest BCUT2D eigenvalue weighted by molar-refractivity contribution is 0.690. The van der Waals surface area contributed by atoms with Crippen LogP contribution in [0.15, 0.2) is 73.1 Å². The van der Waals surface area contributed by atoms with Crippen molar-refractivity contribution in [2.24, 2.45) is 0 Å². The fraction of sp³-hybridized carbons (Fsp3) is 0.190. The van der Waals surface area contributed by atoms with Crippen molar-refractivity contribution in [3.63, 3.8) is 0 Å². The number of pyridine rings is 1. The van der Waals surface area contributed by atoms with Gasteiger partial charge in [0.15, 0.2) is 0 Å². The van der Waals surface area contributed by atoms with Crippen LogP contribution in [0.2, 0.25) is 0 Å². The van der Waals surface area contributed by atoms with Crippen LogP contribution in [0.3, 0.4) is 0 Å². The third-order valence-corrected chi connectivity index (χ3v) is 4.52. The van der Waals surface area contributed by atoms with Gasteiger partial charge in [0.2, 0.25) is 0 Å². The van der Waals surface area contributed by atoms with Gasteiger partial charge in [0.05, 0.1) is 0 Å². The number of benzene rings is 2. The Bertz CT molecular complexity index is 695. The van der Waals surface area contributed by atoms with E-state index in [1.54, 1.807) is 0 Å². The van der Waals surface area contributed by atoms with Crippen molar-refractivity contribution in [1.82, 2.24) is 4.98 Å². The molecule has 0 unspecified atom stereocenters. The minimum absolute atomic E-state index is 0.176. The molecule has 3 rings (SSSR count). The Morgan fingerprint density at radius 1 is 0.591 bits per heavy atom. The Morgan fingerprint density at radius 2 is 0.955 bits per heavy atom. The maximum absolute atomic E-state index is 4.17. The van der Waals surface area contributed by atoms with Crippen LogP contribution in [0.1, 0.15) is 34.7 Å². The van der Waals surface area contributed by atoms with Gasteiger partial charge in [0.1, 0.15) is 0 Å². The van der Waals surface area contributed by atoms with Crippen LogP contribution < -0.4 is 0 Å². The van der Waals surface area contributed by atoms with Gasteiger partial charge >= 0.3 is 0 Å². The van der Waals surface area contributed by atoms with Gasteiger partial charge < -0.3 is 0 Å². The second kappa shape index (κ2) is 5.76. The lowest BCUT2D eigenvalue weighted by Crippen LogP contribution is -2.25. The third kappa shape index (κ3) is 2.55. The van der Waals surface area contributed by atoms with Gasteiger partial charge in [-0.3, -0.25) is 4.98 Å². The molecule has 0 atom stereocenters. The van der Waals surface area contributed by atoms with E-state index in [1.165, 1.54) is 27.8 Å². The van der Waals surface area contributed by atoms with Gasteiger partial charge in [-0.25, -0.2) is 0 Å². The third-order valence-electron chi connectivity index (χ3n) is 4.52. The molecule has 110 valence electrons. The van der Waals surface area contributed by atoms with Crippen molar-refractivity contribution < 1.29 is 0 Å². The second-order valence-electron chi connectivity index (χ2n) is 6.09. The Labute approximate surface area is 132 Å². The van der Waals surface area contributed by atoms with E-state index in [4.69, 9.17) is 0 Å². The first-order valence-electron chi connectivity index (χ1n) is 7.65. The van der Waals surface area contributed by atoms with Crippen molar-refractivity contribution in [2.75, 3.05) is 0 Å².